The van der Waals surface area contributed by atoms with Gasteiger partial charge in [-0.3, -0.25) is 4.79 Å². The minimum Gasteiger partial charge on any atom is -0.476 e. The maximum Gasteiger partial charge on any atom is 0.357 e. The first kappa shape index (κ1) is 26.7. The molecule has 1 aliphatic rings. The summed E-state index contributed by atoms with van der Waals surface area (Å²) in [5.74, 6) is -1.86. The Morgan fingerprint density at radius 3 is 2.49 bits per heavy atom. The number of nitrogens with zero attached hydrogens (tertiary/aromatic N) is 4. The van der Waals surface area contributed by atoms with Gasteiger partial charge in [0.25, 0.3) is 11.9 Å². The van der Waals surface area contributed by atoms with Gasteiger partial charge in [0.15, 0.2) is 17.0 Å². The Morgan fingerprint density at radius 2 is 1.87 bits per heavy atom. The zero-order valence-corrected chi connectivity index (χ0v) is 23.0. The smallest absolute Gasteiger partial charge is 0.357 e. The molecule has 0 radical (unpaired) electrons. The van der Waals surface area contributed by atoms with Gasteiger partial charge in [-0.25, -0.2) is 14.2 Å². The molecule has 0 unspecified atom stereocenters. The number of rotatable bonds is 4. The summed E-state index contributed by atoms with van der Waals surface area (Å²) in [4.78, 5) is 37.2. The first-order valence-corrected chi connectivity index (χ1v) is 12.8. The average Bonchev–Trinajstić information content (AvgIpc) is 3.51. The van der Waals surface area contributed by atoms with Gasteiger partial charge < -0.3 is 23.7 Å². The number of halogens is 2. The van der Waals surface area contributed by atoms with Crippen LogP contribution in [0.2, 0.25) is 5.02 Å². The lowest BCUT2D eigenvalue weighted by atomic mass is 9.86. The molecular weight excluding hydrogens is 527 g/mol. The van der Waals surface area contributed by atoms with Crippen molar-refractivity contribution in [2.45, 2.75) is 45.6 Å². The van der Waals surface area contributed by atoms with Gasteiger partial charge in [0.2, 0.25) is 0 Å². The highest BCUT2D eigenvalue weighted by Gasteiger charge is 2.40. The standard InChI is InChI=1S/C28H28ClFN4O5/c1-27(2,3)16-11-19(15-6-7-17(29)18(30)10-15)31-20-12-22(39-23(16)20)24(35)34-9-8-33(14-28(34,4)5)26-32-21(13-38-26)25(36)37/h6-7,10-13H,8-9,14H2,1-5H3,(H,36,37). The number of amides is 1. The van der Waals surface area contributed by atoms with Gasteiger partial charge in [-0.2, -0.15) is 4.98 Å². The van der Waals surface area contributed by atoms with Crippen LogP contribution in [0.1, 0.15) is 61.2 Å². The Morgan fingerprint density at radius 1 is 1.13 bits per heavy atom. The normalized spacial score (nSPS) is 15.7. The van der Waals surface area contributed by atoms with Crippen LogP contribution in [-0.4, -0.2) is 57.0 Å². The number of pyridine rings is 1. The topological polar surface area (TPSA) is 113 Å². The summed E-state index contributed by atoms with van der Waals surface area (Å²) in [6, 6.07) is 8.20. The summed E-state index contributed by atoms with van der Waals surface area (Å²) in [6.07, 6.45) is 1.10. The molecule has 1 saturated heterocycles. The lowest BCUT2D eigenvalue weighted by Crippen LogP contribution is -2.61. The number of aromatic nitrogens is 2. The second kappa shape index (κ2) is 9.37. The van der Waals surface area contributed by atoms with E-state index in [9.17, 15) is 14.0 Å². The van der Waals surface area contributed by atoms with Crippen LogP contribution < -0.4 is 4.90 Å². The molecule has 1 N–H and O–H groups in total. The number of carbonyl (C=O) groups excluding carboxylic acids is 1. The number of hydrogen-bond donors (Lipinski definition) is 1. The molecule has 3 aromatic heterocycles. The highest BCUT2D eigenvalue weighted by atomic mass is 35.5. The quantitative estimate of drug-likeness (QED) is 0.326. The maximum atomic E-state index is 14.2. The van der Waals surface area contributed by atoms with Gasteiger partial charge in [-0.15, -0.1) is 0 Å². The fourth-order valence-corrected chi connectivity index (χ4v) is 4.94. The molecule has 1 aromatic carbocycles. The number of anilines is 1. The van der Waals surface area contributed by atoms with E-state index in [0.717, 1.165) is 11.8 Å². The van der Waals surface area contributed by atoms with Crippen LogP contribution in [0.5, 0.6) is 0 Å². The number of aromatic carboxylic acids is 1. The van der Waals surface area contributed by atoms with Crippen molar-refractivity contribution in [3.63, 3.8) is 0 Å². The summed E-state index contributed by atoms with van der Waals surface area (Å²) in [7, 11) is 0. The third-order valence-electron chi connectivity index (χ3n) is 6.84. The molecule has 1 aliphatic heterocycles. The first-order valence-electron chi connectivity index (χ1n) is 12.4. The zero-order chi connectivity index (χ0) is 28.3. The second-order valence-electron chi connectivity index (χ2n) is 11.3. The molecule has 0 spiro atoms. The second-order valence-corrected chi connectivity index (χ2v) is 11.7. The minimum atomic E-state index is -1.17. The predicted molar refractivity (Wildman–Crippen MR) is 144 cm³/mol. The molecule has 39 heavy (non-hydrogen) atoms. The average molecular weight is 555 g/mol. The van der Waals surface area contributed by atoms with Crippen LogP contribution in [0.25, 0.3) is 22.4 Å². The van der Waals surface area contributed by atoms with E-state index in [-0.39, 0.29) is 33.8 Å². The van der Waals surface area contributed by atoms with Crippen molar-refractivity contribution in [1.29, 1.82) is 0 Å². The van der Waals surface area contributed by atoms with E-state index in [2.05, 4.69) is 4.98 Å². The van der Waals surface area contributed by atoms with Crippen LogP contribution in [-0.2, 0) is 5.41 Å². The molecule has 204 valence electrons. The van der Waals surface area contributed by atoms with Crippen LogP contribution >= 0.6 is 11.6 Å². The highest BCUT2D eigenvalue weighted by Crippen LogP contribution is 2.36. The van der Waals surface area contributed by atoms with Crippen LogP contribution in [0, 0.1) is 5.82 Å². The number of hydrogen-bond acceptors (Lipinski definition) is 7. The molecular formula is C28H28ClFN4O5. The Bertz CT molecular complexity index is 1600. The molecule has 4 aromatic rings. The van der Waals surface area contributed by atoms with Crippen molar-refractivity contribution in [3.05, 3.63) is 64.5 Å². The molecule has 0 aliphatic carbocycles. The Hall–Kier alpha value is -3.92. The molecule has 0 saturated carbocycles. The van der Waals surface area contributed by atoms with E-state index >= 15 is 0 Å². The number of carboxylic acids is 1. The summed E-state index contributed by atoms with van der Waals surface area (Å²) in [5, 5.41) is 9.17. The van der Waals surface area contributed by atoms with E-state index < -0.39 is 17.3 Å². The van der Waals surface area contributed by atoms with Crippen LogP contribution in [0.3, 0.4) is 0 Å². The van der Waals surface area contributed by atoms with E-state index in [1.807, 2.05) is 45.6 Å². The van der Waals surface area contributed by atoms with Crippen molar-refractivity contribution >= 4 is 40.6 Å². The fraction of sp³-hybridized carbons (Fsp3) is 0.357. The van der Waals surface area contributed by atoms with Crippen molar-refractivity contribution in [3.8, 4) is 11.3 Å². The maximum absolute atomic E-state index is 14.2. The van der Waals surface area contributed by atoms with Gasteiger partial charge >= 0.3 is 5.97 Å². The highest BCUT2D eigenvalue weighted by molar-refractivity contribution is 6.30. The summed E-state index contributed by atoms with van der Waals surface area (Å²) < 4.78 is 25.7. The number of carbonyl (C=O) groups is 2. The Kier molecular flexibility index (Phi) is 6.41. The molecule has 1 fully saturated rings. The van der Waals surface area contributed by atoms with Gasteiger partial charge in [-0.1, -0.05) is 38.4 Å². The third-order valence-corrected chi connectivity index (χ3v) is 7.15. The Labute approximate surface area is 229 Å². The van der Waals surface area contributed by atoms with Crippen molar-refractivity contribution in [2.75, 3.05) is 24.5 Å². The molecule has 5 rings (SSSR count). The Balaban J connectivity index is 1.48. The molecule has 0 bridgehead atoms. The van der Waals surface area contributed by atoms with E-state index in [0.29, 0.717) is 42.0 Å². The van der Waals surface area contributed by atoms with Gasteiger partial charge in [0, 0.05) is 36.8 Å². The molecule has 9 nitrogen and oxygen atoms in total. The third kappa shape index (κ3) is 4.96. The number of furan rings is 1. The monoisotopic (exact) mass is 554 g/mol. The van der Waals surface area contributed by atoms with Crippen LogP contribution in [0.15, 0.2) is 45.4 Å². The number of oxazole rings is 1. The summed E-state index contributed by atoms with van der Waals surface area (Å²) in [5.41, 5.74) is 1.75. The minimum absolute atomic E-state index is 0.0277. The predicted octanol–water partition coefficient (Wildman–Crippen LogP) is 6.01. The van der Waals surface area contributed by atoms with Crippen molar-refractivity contribution < 1.29 is 27.9 Å². The molecule has 0 atom stereocenters. The van der Waals surface area contributed by atoms with Crippen LogP contribution in [0.4, 0.5) is 10.4 Å². The number of piperazine rings is 1. The zero-order valence-electron chi connectivity index (χ0n) is 22.2. The SMILES string of the molecule is CC(C)(C)c1cc(-c2ccc(Cl)c(F)c2)nc2cc(C(=O)N3CCN(c4nc(C(=O)O)co4)CC3(C)C)oc12. The van der Waals surface area contributed by atoms with Crippen molar-refractivity contribution in [2.24, 2.45) is 0 Å². The molecule has 1 amide bonds. The lowest BCUT2D eigenvalue weighted by molar-refractivity contribution is 0.0479. The molecule has 11 heteroatoms. The lowest BCUT2D eigenvalue weighted by Gasteiger charge is -2.46. The number of fused-ring (bicyclic) bond motifs is 1. The van der Waals surface area contributed by atoms with E-state index in [4.69, 9.17) is 30.5 Å². The summed E-state index contributed by atoms with van der Waals surface area (Å²) >= 11 is 5.87. The van der Waals surface area contributed by atoms with E-state index in [1.165, 1.54) is 12.1 Å². The number of benzene rings is 1. The summed E-state index contributed by atoms with van der Waals surface area (Å²) in [6.45, 7) is 11.0. The fourth-order valence-electron chi connectivity index (χ4n) is 4.82. The molecule has 4 heterocycles. The largest absolute Gasteiger partial charge is 0.476 e. The number of carboxylic acid groups (broad SMARTS) is 1. The van der Waals surface area contributed by atoms with E-state index in [1.54, 1.807) is 17.0 Å². The first-order chi connectivity index (χ1) is 18.2. The van der Waals surface area contributed by atoms with Gasteiger partial charge in [0.05, 0.1) is 16.3 Å². The van der Waals surface area contributed by atoms with Crippen molar-refractivity contribution in [1.82, 2.24) is 14.9 Å². The van der Waals surface area contributed by atoms with Gasteiger partial charge in [-0.05, 0) is 37.5 Å². The van der Waals surface area contributed by atoms with Gasteiger partial charge in [0.1, 0.15) is 17.6 Å².